The van der Waals surface area contributed by atoms with E-state index >= 15 is 0 Å². The van der Waals surface area contributed by atoms with E-state index in [1.165, 1.54) is 26.4 Å². The topological polar surface area (TPSA) is 138 Å². The highest BCUT2D eigenvalue weighted by atomic mass is 16.7. The van der Waals surface area contributed by atoms with Crippen LogP contribution < -0.4 is 16.0 Å². The van der Waals surface area contributed by atoms with Crippen LogP contribution in [0.1, 0.15) is 106 Å². The first-order valence-electron chi connectivity index (χ1n) is 19.8. The summed E-state index contributed by atoms with van der Waals surface area (Å²) in [6.45, 7) is 6.94. The van der Waals surface area contributed by atoms with Crippen molar-refractivity contribution < 1.29 is 33.7 Å². The van der Waals surface area contributed by atoms with E-state index < -0.39 is 24.3 Å². The summed E-state index contributed by atoms with van der Waals surface area (Å²) < 4.78 is 18.4. The standard InChI is InChI=1S/C44H58N4O7/c1-44(2,3)47-40(50)38-23-22-32-12-8-9-13-37(32)48(38)27-35-25-39(33-18-16-31(28-49)17-19-33)55-42(54-35)34-20-14-30(15-21-34)26-45-43(52)46-36(41(51)53-4)24-29-10-6-5-7-11-29/h5-7,10-11,14-21,32,35-39,42,49H,8-9,12-13,22-28H2,1-4H3,(H,47,50)(H2,45,46,52)/t32-,35-,36+,37-,38-,39+,42+/m1/s1. The van der Waals surface area contributed by atoms with Gasteiger partial charge in [-0.05, 0) is 74.6 Å². The van der Waals surface area contributed by atoms with Crippen molar-refractivity contribution >= 4 is 17.9 Å². The largest absolute Gasteiger partial charge is 0.467 e. The van der Waals surface area contributed by atoms with Gasteiger partial charge in [0.2, 0.25) is 5.91 Å². The molecule has 4 N–H and O–H groups in total. The van der Waals surface area contributed by atoms with Gasteiger partial charge >= 0.3 is 12.0 Å². The zero-order chi connectivity index (χ0) is 39.0. The van der Waals surface area contributed by atoms with Gasteiger partial charge in [0.25, 0.3) is 0 Å². The molecule has 7 atom stereocenters. The van der Waals surface area contributed by atoms with E-state index in [2.05, 4.69) is 20.9 Å². The molecule has 0 radical (unpaired) electrons. The lowest BCUT2D eigenvalue weighted by Gasteiger charge is -2.50. The van der Waals surface area contributed by atoms with E-state index in [9.17, 15) is 19.5 Å². The third-order valence-corrected chi connectivity index (χ3v) is 11.1. The Labute approximate surface area is 325 Å². The number of amides is 3. The molecule has 3 aromatic rings. The third-order valence-electron chi connectivity index (χ3n) is 11.1. The minimum Gasteiger partial charge on any atom is -0.467 e. The number of aliphatic hydroxyl groups is 1. The second-order valence-corrected chi connectivity index (χ2v) is 16.3. The van der Waals surface area contributed by atoms with Gasteiger partial charge in [0.15, 0.2) is 6.29 Å². The Morgan fingerprint density at radius 1 is 0.855 bits per heavy atom. The zero-order valence-corrected chi connectivity index (χ0v) is 32.7. The van der Waals surface area contributed by atoms with Crippen molar-refractivity contribution in [1.29, 1.82) is 0 Å². The van der Waals surface area contributed by atoms with Crippen LogP contribution >= 0.6 is 0 Å². The molecule has 1 saturated carbocycles. The minimum absolute atomic E-state index is 0.0297. The van der Waals surface area contributed by atoms with Crippen molar-refractivity contribution in [3.8, 4) is 0 Å². The fourth-order valence-electron chi connectivity index (χ4n) is 8.37. The van der Waals surface area contributed by atoms with Gasteiger partial charge in [-0.25, -0.2) is 9.59 Å². The molecule has 11 nitrogen and oxygen atoms in total. The number of nitrogens with zero attached hydrogens (tertiary/aromatic N) is 1. The first kappa shape index (κ1) is 40.4. The number of aliphatic hydroxyl groups excluding tert-OH is 1. The maximum absolute atomic E-state index is 13.8. The van der Waals surface area contributed by atoms with E-state index in [1.54, 1.807) is 0 Å². The normalized spacial score (nSPS) is 24.9. The van der Waals surface area contributed by atoms with Gasteiger partial charge in [0.05, 0.1) is 32.0 Å². The molecule has 3 amide bonds. The number of methoxy groups -OCH3 is 1. The van der Waals surface area contributed by atoms with Gasteiger partial charge < -0.3 is 35.3 Å². The second-order valence-electron chi connectivity index (χ2n) is 16.3. The highest BCUT2D eigenvalue weighted by Gasteiger charge is 2.44. The number of carbonyl (C=O) groups excluding carboxylic acids is 3. The lowest BCUT2D eigenvalue weighted by atomic mass is 9.75. The fourth-order valence-corrected chi connectivity index (χ4v) is 8.37. The van der Waals surface area contributed by atoms with Crippen LogP contribution in [0.4, 0.5) is 4.79 Å². The Kier molecular flexibility index (Phi) is 13.6. The Morgan fingerprint density at radius 3 is 2.24 bits per heavy atom. The summed E-state index contributed by atoms with van der Waals surface area (Å²) in [5.74, 6) is 0.161. The van der Waals surface area contributed by atoms with Crippen LogP contribution in [0, 0.1) is 5.92 Å². The molecule has 2 heterocycles. The molecular weight excluding hydrogens is 697 g/mol. The van der Waals surface area contributed by atoms with Crippen LogP contribution in [-0.2, 0) is 43.4 Å². The van der Waals surface area contributed by atoms with Gasteiger partial charge in [-0.2, -0.15) is 0 Å². The molecule has 0 aromatic heterocycles. The maximum Gasteiger partial charge on any atom is 0.328 e. The van der Waals surface area contributed by atoms with Crippen molar-refractivity contribution in [3.05, 3.63) is 107 Å². The fraction of sp³-hybridized carbons (Fsp3) is 0.523. The van der Waals surface area contributed by atoms with Crippen LogP contribution in [0.15, 0.2) is 78.9 Å². The molecule has 2 saturated heterocycles. The summed E-state index contributed by atoms with van der Waals surface area (Å²) in [4.78, 5) is 41.5. The van der Waals surface area contributed by atoms with Crippen molar-refractivity contribution in [3.63, 3.8) is 0 Å². The third kappa shape index (κ3) is 10.9. The Morgan fingerprint density at radius 2 is 1.55 bits per heavy atom. The molecule has 1 aliphatic carbocycles. The molecular formula is C44H58N4O7. The van der Waals surface area contributed by atoms with Crippen LogP contribution in [0.5, 0.6) is 0 Å². The molecule has 3 aliphatic rings. The van der Waals surface area contributed by atoms with Gasteiger partial charge in [-0.15, -0.1) is 0 Å². The summed E-state index contributed by atoms with van der Waals surface area (Å²) >= 11 is 0. The number of urea groups is 1. The summed E-state index contributed by atoms with van der Waals surface area (Å²) in [6, 6.07) is 24.0. The van der Waals surface area contributed by atoms with E-state index in [-0.39, 0.29) is 42.8 Å². The van der Waals surface area contributed by atoms with Gasteiger partial charge in [-0.1, -0.05) is 91.7 Å². The van der Waals surface area contributed by atoms with E-state index in [4.69, 9.17) is 14.2 Å². The van der Waals surface area contributed by atoms with E-state index in [1.807, 2.05) is 99.6 Å². The first-order valence-corrected chi connectivity index (χ1v) is 19.8. The molecule has 0 spiro atoms. The first-order chi connectivity index (χ1) is 26.5. The molecule has 0 unspecified atom stereocenters. The summed E-state index contributed by atoms with van der Waals surface area (Å²) in [5.41, 5.74) is 4.15. The Balaban J connectivity index is 1.16. The van der Waals surface area contributed by atoms with Crippen LogP contribution in [0.25, 0.3) is 0 Å². The van der Waals surface area contributed by atoms with Crippen molar-refractivity contribution in [2.75, 3.05) is 13.7 Å². The molecule has 11 heteroatoms. The number of benzene rings is 3. The van der Waals surface area contributed by atoms with Gasteiger partial charge in [-0.3, -0.25) is 9.69 Å². The molecule has 296 valence electrons. The van der Waals surface area contributed by atoms with Gasteiger partial charge in [0.1, 0.15) is 6.04 Å². The molecule has 2 aliphatic heterocycles. The molecule has 55 heavy (non-hydrogen) atoms. The van der Waals surface area contributed by atoms with Crippen LogP contribution in [-0.4, -0.2) is 71.3 Å². The quantitative estimate of drug-likeness (QED) is 0.160. The number of rotatable bonds is 12. The SMILES string of the molecule is COC(=O)[C@H](Cc1ccccc1)NC(=O)NCc1ccc([C@H]2O[C@@H](CN3[C@@H](C(=O)NC(C)(C)C)CC[C@H]4CCCC[C@H]43)C[C@@H](c3ccc(CO)cc3)O2)cc1. The number of nitrogens with one attached hydrogen (secondary N) is 3. The average molecular weight is 755 g/mol. The van der Waals surface area contributed by atoms with Crippen molar-refractivity contribution in [1.82, 2.24) is 20.9 Å². The second kappa shape index (κ2) is 18.6. The number of esters is 1. The van der Waals surface area contributed by atoms with Gasteiger partial charge in [0, 0.05) is 43.1 Å². The highest BCUT2D eigenvalue weighted by molar-refractivity contribution is 5.84. The number of carbonyl (C=O) groups is 3. The van der Waals surface area contributed by atoms with E-state index in [0.29, 0.717) is 31.3 Å². The molecule has 0 bridgehead atoms. The number of likely N-dealkylation sites (tertiary alicyclic amines) is 1. The number of hydrogen-bond acceptors (Lipinski definition) is 8. The van der Waals surface area contributed by atoms with E-state index in [0.717, 1.165) is 47.1 Å². The summed E-state index contributed by atoms with van der Waals surface area (Å²) in [7, 11) is 1.31. The average Bonchev–Trinajstić information content (AvgIpc) is 3.19. The number of hydrogen-bond donors (Lipinski definition) is 4. The number of piperidine rings is 1. The number of ether oxygens (including phenoxy) is 3. The smallest absolute Gasteiger partial charge is 0.328 e. The number of fused-ring (bicyclic) bond motifs is 1. The monoisotopic (exact) mass is 754 g/mol. The predicted molar refractivity (Wildman–Crippen MR) is 210 cm³/mol. The van der Waals surface area contributed by atoms with Crippen LogP contribution in [0.3, 0.4) is 0 Å². The summed E-state index contributed by atoms with van der Waals surface area (Å²) in [5, 5.41) is 18.5. The summed E-state index contributed by atoms with van der Waals surface area (Å²) in [6.07, 6.45) is 6.45. The van der Waals surface area contributed by atoms with Crippen molar-refractivity contribution in [2.24, 2.45) is 5.92 Å². The zero-order valence-electron chi connectivity index (χ0n) is 32.7. The molecule has 3 fully saturated rings. The maximum atomic E-state index is 13.8. The Hall–Kier alpha value is -4.29. The molecule has 3 aromatic carbocycles. The van der Waals surface area contributed by atoms with Crippen molar-refractivity contribution in [2.45, 2.75) is 127 Å². The van der Waals surface area contributed by atoms with Crippen LogP contribution in [0.2, 0.25) is 0 Å². The molecule has 6 rings (SSSR count). The lowest BCUT2D eigenvalue weighted by Crippen LogP contribution is -2.61. The Bertz CT molecular complexity index is 1710. The minimum atomic E-state index is -0.826. The predicted octanol–water partition coefficient (Wildman–Crippen LogP) is 6.25. The highest BCUT2D eigenvalue weighted by Crippen LogP contribution is 2.42. The lowest BCUT2D eigenvalue weighted by molar-refractivity contribution is -0.255.